The lowest BCUT2D eigenvalue weighted by atomic mass is 9.94. The minimum atomic E-state index is -0.529. The van der Waals surface area contributed by atoms with Gasteiger partial charge in [0.1, 0.15) is 5.82 Å². The van der Waals surface area contributed by atoms with Gasteiger partial charge in [-0.25, -0.2) is 4.39 Å². The van der Waals surface area contributed by atoms with Crippen molar-refractivity contribution >= 4 is 29.1 Å². The fraction of sp³-hybridized carbons (Fsp3) is 0.417. The molecule has 1 atom stereocenters. The standard InChI is InChI=1S/C12H12ClFOS/c1-12(6-3-7-16-12)11(15)8-4-2-5-9(14)10(8)13/h2,4-5H,3,6-7H2,1H3. The topological polar surface area (TPSA) is 17.1 Å². The van der Waals surface area contributed by atoms with Crippen molar-refractivity contribution in [1.29, 1.82) is 0 Å². The van der Waals surface area contributed by atoms with E-state index >= 15 is 0 Å². The van der Waals surface area contributed by atoms with E-state index in [-0.39, 0.29) is 10.8 Å². The maximum Gasteiger partial charge on any atom is 0.180 e. The Labute approximate surface area is 103 Å². The molecule has 1 aliphatic heterocycles. The number of hydrogen-bond acceptors (Lipinski definition) is 2. The minimum absolute atomic E-state index is 0.0544. The molecule has 0 aliphatic carbocycles. The first-order valence-electron chi connectivity index (χ1n) is 5.17. The number of rotatable bonds is 2. The van der Waals surface area contributed by atoms with Crippen LogP contribution in [0.5, 0.6) is 0 Å². The van der Waals surface area contributed by atoms with Gasteiger partial charge in [0.2, 0.25) is 0 Å². The summed E-state index contributed by atoms with van der Waals surface area (Å²) in [5.74, 6) is 0.397. The van der Waals surface area contributed by atoms with Gasteiger partial charge in [0.15, 0.2) is 5.78 Å². The SMILES string of the molecule is CC1(C(=O)c2cccc(F)c2Cl)CCCS1. The zero-order valence-corrected chi connectivity index (χ0v) is 10.5. The molecule has 2 rings (SSSR count). The van der Waals surface area contributed by atoms with Crippen LogP contribution in [-0.2, 0) is 0 Å². The van der Waals surface area contributed by atoms with E-state index in [2.05, 4.69) is 0 Å². The normalized spacial score (nSPS) is 24.7. The third-order valence-electron chi connectivity index (χ3n) is 2.90. The second-order valence-corrected chi connectivity index (χ2v) is 6.09. The number of carbonyl (C=O) groups is 1. The third-order valence-corrected chi connectivity index (χ3v) is 4.80. The molecule has 0 spiro atoms. The van der Waals surface area contributed by atoms with Crippen molar-refractivity contribution in [3.8, 4) is 0 Å². The lowest BCUT2D eigenvalue weighted by molar-refractivity contribution is 0.0949. The Morgan fingerprint density at radius 1 is 1.56 bits per heavy atom. The molecule has 1 fully saturated rings. The van der Waals surface area contributed by atoms with Gasteiger partial charge in [-0.15, -0.1) is 11.8 Å². The number of Topliss-reactive ketones (excluding diaryl/α,β-unsaturated/α-hetero) is 1. The zero-order chi connectivity index (χ0) is 11.8. The molecule has 1 aliphatic rings. The highest BCUT2D eigenvalue weighted by atomic mass is 35.5. The van der Waals surface area contributed by atoms with Crippen LogP contribution in [0.2, 0.25) is 5.02 Å². The van der Waals surface area contributed by atoms with Gasteiger partial charge in [-0.2, -0.15) is 0 Å². The predicted octanol–water partition coefficient (Wildman–Crippen LogP) is 3.95. The van der Waals surface area contributed by atoms with Gasteiger partial charge in [0.05, 0.1) is 9.77 Å². The molecule has 4 heteroatoms. The monoisotopic (exact) mass is 258 g/mol. The first-order valence-corrected chi connectivity index (χ1v) is 6.54. The van der Waals surface area contributed by atoms with E-state index in [1.807, 2.05) is 6.92 Å². The van der Waals surface area contributed by atoms with Crippen LogP contribution in [0.15, 0.2) is 18.2 Å². The van der Waals surface area contributed by atoms with Gasteiger partial charge >= 0.3 is 0 Å². The Morgan fingerprint density at radius 3 is 2.94 bits per heavy atom. The highest BCUT2D eigenvalue weighted by Crippen LogP contribution is 2.41. The molecule has 1 aromatic carbocycles. The second kappa shape index (κ2) is 4.38. The summed E-state index contributed by atoms with van der Waals surface area (Å²) >= 11 is 7.45. The fourth-order valence-corrected chi connectivity index (χ4v) is 3.40. The molecule has 0 amide bonds. The maximum absolute atomic E-state index is 13.3. The molecule has 0 N–H and O–H groups in total. The van der Waals surface area contributed by atoms with Gasteiger partial charge in [0, 0.05) is 5.56 Å². The van der Waals surface area contributed by atoms with E-state index in [1.54, 1.807) is 17.8 Å². The lowest BCUT2D eigenvalue weighted by Gasteiger charge is -2.21. The fourth-order valence-electron chi connectivity index (χ4n) is 1.92. The molecule has 0 aromatic heterocycles. The highest BCUT2D eigenvalue weighted by Gasteiger charge is 2.38. The number of halogens is 2. The number of benzene rings is 1. The largest absolute Gasteiger partial charge is 0.293 e. The quantitative estimate of drug-likeness (QED) is 0.748. The molecule has 1 nitrogen and oxygen atoms in total. The molecule has 1 aromatic rings. The van der Waals surface area contributed by atoms with Crippen LogP contribution in [0, 0.1) is 5.82 Å². The molecule has 1 saturated heterocycles. The first-order chi connectivity index (χ1) is 7.54. The van der Waals surface area contributed by atoms with Crippen molar-refractivity contribution in [2.45, 2.75) is 24.5 Å². The number of carbonyl (C=O) groups excluding carboxylic acids is 1. The Bertz CT molecular complexity index is 427. The van der Waals surface area contributed by atoms with Crippen LogP contribution in [0.25, 0.3) is 0 Å². The van der Waals surface area contributed by atoms with E-state index in [0.29, 0.717) is 5.56 Å². The van der Waals surface area contributed by atoms with Crippen LogP contribution in [0.4, 0.5) is 4.39 Å². The number of ketones is 1. The Hall–Kier alpha value is -0.540. The van der Waals surface area contributed by atoms with Crippen molar-refractivity contribution in [3.05, 3.63) is 34.6 Å². The minimum Gasteiger partial charge on any atom is -0.293 e. The molecule has 1 unspecified atom stereocenters. The van der Waals surface area contributed by atoms with Gasteiger partial charge in [-0.05, 0) is 37.7 Å². The molecule has 86 valence electrons. The summed E-state index contributed by atoms with van der Waals surface area (Å²) in [6.07, 6.45) is 1.86. The molecular weight excluding hydrogens is 247 g/mol. The van der Waals surface area contributed by atoms with E-state index in [0.717, 1.165) is 18.6 Å². The van der Waals surface area contributed by atoms with Crippen LogP contribution in [0.1, 0.15) is 30.1 Å². The Kier molecular flexibility index (Phi) is 3.27. The number of thioether (sulfide) groups is 1. The first kappa shape index (κ1) is 11.9. The van der Waals surface area contributed by atoms with Crippen LogP contribution in [-0.4, -0.2) is 16.3 Å². The summed E-state index contributed by atoms with van der Waals surface area (Å²) in [4.78, 5) is 12.3. The summed E-state index contributed by atoms with van der Waals surface area (Å²) < 4.78 is 12.8. The van der Waals surface area contributed by atoms with Gasteiger partial charge in [-0.1, -0.05) is 17.7 Å². The van der Waals surface area contributed by atoms with Crippen molar-refractivity contribution in [1.82, 2.24) is 0 Å². The zero-order valence-electron chi connectivity index (χ0n) is 8.93. The second-order valence-electron chi connectivity index (χ2n) is 4.11. The summed E-state index contributed by atoms with van der Waals surface area (Å²) in [5.41, 5.74) is 0.304. The van der Waals surface area contributed by atoms with Crippen molar-refractivity contribution in [3.63, 3.8) is 0 Å². The molecule has 0 saturated carbocycles. The Morgan fingerprint density at radius 2 is 2.31 bits per heavy atom. The van der Waals surface area contributed by atoms with Gasteiger partial charge in [-0.3, -0.25) is 4.79 Å². The molecule has 1 heterocycles. The number of hydrogen-bond donors (Lipinski definition) is 0. The third kappa shape index (κ3) is 1.98. The smallest absolute Gasteiger partial charge is 0.180 e. The van der Waals surface area contributed by atoms with E-state index in [4.69, 9.17) is 11.6 Å². The lowest BCUT2D eigenvalue weighted by Crippen LogP contribution is -2.29. The van der Waals surface area contributed by atoms with Crippen LogP contribution < -0.4 is 0 Å². The van der Waals surface area contributed by atoms with Crippen LogP contribution >= 0.6 is 23.4 Å². The van der Waals surface area contributed by atoms with E-state index in [9.17, 15) is 9.18 Å². The van der Waals surface area contributed by atoms with Crippen LogP contribution in [0.3, 0.4) is 0 Å². The average molecular weight is 259 g/mol. The summed E-state index contributed by atoms with van der Waals surface area (Å²) in [6.45, 7) is 1.91. The summed E-state index contributed by atoms with van der Waals surface area (Å²) in [6, 6.07) is 4.39. The maximum atomic E-state index is 13.3. The van der Waals surface area contributed by atoms with E-state index < -0.39 is 10.6 Å². The van der Waals surface area contributed by atoms with Gasteiger partial charge in [0.25, 0.3) is 0 Å². The Balaban J connectivity index is 2.37. The van der Waals surface area contributed by atoms with Crippen molar-refractivity contribution in [2.24, 2.45) is 0 Å². The average Bonchev–Trinajstić information content (AvgIpc) is 2.70. The van der Waals surface area contributed by atoms with Crippen molar-refractivity contribution < 1.29 is 9.18 Å². The highest BCUT2D eigenvalue weighted by molar-refractivity contribution is 8.01. The molecule has 16 heavy (non-hydrogen) atoms. The molecule has 0 bridgehead atoms. The molecular formula is C12H12ClFOS. The van der Waals surface area contributed by atoms with E-state index in [1.165, 1.54) is 12.1 Å². The van der Waals surface area contributed by atoms with Gasteiger partial charge < -0.3 is 0 Å². The molecule has 0 radical (unpaired) electrons. The van der Waals surface area contributed by atoms with Crippen molar-refractivity contribution in [2.75, 3.05) is 5.75 Å². The summed E-state index contributed by atoms with van der Waals surface area (Å²) in [7, 11) is 0. The predicted molar refractivity (Wildman–Crippen MR) is 65.8 cm³/mol. The summed E-state index contributed by atoms with van der Waals surface area (Å²) in [5, 5.41) is -0.0544.